The van der Waals surface area contributed by atoms with Crippen molar-refractivity contribution in [1.29, 1.82) is 0 Å². The first kappa shape index (κ1) is 32.3. The van der Waals surface area contributed by atoms with Gasteiger partial charge in [0.05, 0.1) is 18.8 Å². The Hall–Kier alpha value is -2.62. The summed E-state index contributed by atoms with van der Waals surface area (Å²) >= 11 is 1.73. The number of nitrogens with one attached hydrogen (secondary N) is 2. The normalized spacial score (nSPS) is 29.7. The summed E-state index contributed by atoms with van der Waals surface area (Å²) in [6.45, 7) is 12.3. The van der Waals surface area contributed by atoms with Crippen molar-refractivity contribution in [1.82, 2.24) is 10.6 Å². The molecule has 1 amide bonds. The Morgan fingerprint density at radius 2 is 1.51 bits per heavy atom. The zero-order chi connectivity index (χ0) is 32.1. The third kappa shape index (κ3) is 5.56. The van der Waals surface area contributed by atoms with Gasteiger partial charge in [-0.25, -0.2) is 0 Å². The van der Waals surface area contributed by atoms with Crippen LogP contribution in [0.5, 0.6) is 5.75 Å². The van der Waals surface area contributed by atoms with Crippen LogP contribution >= 0.6 is 11.8 Å². The monoisotopic (exact) mass is 644 g/mol. The summed E-state index contributed by atoms with van der Waals surface area (Å²) in [5, 5.41) is 21.3. The Bertz CT molecular complexity index is 1450. The van der Waals surface area contributed by atoms with Crippen molar-refractivity contribution in [3.05, 3.63) is 84.9 Å². The van der Waals surface area contributed by atoms with Crippen molar-refractivity contribution >= 4 is 36.4 Å². The number of aliphatic hydroxyl groups is 1. The highest BCUT2D eigenvalue weighted by Gasteiger charge is 2.66. The van der Waals surface area contributed by atoms with E-state index in [4.69, 9.17) is 9.16 Å². The fourth-order valence-electron chi connectivity index (χ4n) is 8.39. The van der Waals surface area contributed by atoms with Crippen LogP contribution in [0.4, 0.5) is 0 Å². The first-order valence-corrected chi connectivity index (χ1v) is 19.0. The van der Waals surface area contributed by atoms with Gasteiger partial charge in [0, 0.05) is 22.5 Å². The zero-order valence-corrected chi connectivity index (χ0v) is 29.2. The number of piperidine rings is 1. The molecule has 2 heterocycles. The number of rotatable bonds is 7. The Labute approximate surface area is 273 Å². The molecule has 0 aromatic heterocycles. The lowest BCUT2D eigenvalue weighted by atomic mass is 9.57. The predicted octanol–water partition coefficient (Wildman–Crippen LogP) is 5.48. The number of methoxy groups -OCH3 is 1. The van der Waals surface area contributed by atoms with Gasteiger partial charge in [0.1, 0.15) is 11.5 Å². The topological polar surface area (TPSA) is 79.8 Å². The van der Waals surface area contributed by atoms with Crippen LogP contribution in [0.25, 0.3) is 0 Å². The molecule has 0 bridgehead atoms. The van der Waals surface area contributed by atoms with Gasteiger partial charge in [0.25, 0.3) is 8.32 Å². The molecule has 1 spiro atoms. The molecule has 2 saturated heterocycles. The number of carbonyl (C=O) groups excluding carboxylic acids is 1. The minimum atomic E-state index is -2.95. The fourth-order valence-corrected chi connectivity index (χ4v) is 14.9. The van der Waals surface area contributed by atoms with Gasteiger partial charge < -0.3 is 24.9 Å². The molecule has 6 nitrogen and oxygen atoms in total. The van der Waals surface area contributed by atoms with Gasteiger partial charge in [-0.2, -0.15) is 0 Å². The maximum Gasteiger partial charge on any atom is 0.261 e. The summed E-state index contributed by atoms with van der Waals surface area (Å²) < 4.78 is 13.4. The molecule has 2 aliphatic heterocycles. The third-order valence-electron chi connectivity index (χ3n) is 10.7. The number of carbonyl (C=O) groups is 1. The van der Waals surface area contributed by atoms with Gasteiger partial charge in [-0.3, -0.25) is 4.79 Å². The average Bonchev–Trinajstić information content (AvgIpc) is 3.49. The summed E-state index contributed by atoms with van der Waals surface area (Å²) in [6.07, 6.45) is 2.49. The van der Waals surface area contributed by atoms with Crippen LogP contribution in [0.1, 0.15) is 60.3 Å². The number of ether oxygens (including phenoxy) is 1. The second-order valence-electron chi connectivity index (χ2n) is 14.8. The van der Waals surface area contributed by atoms with Crippen molar-refractivity contribution in [3.8, 4) is 5.75 Å². The number of fused-ring (bicyclic) bond motifs is 1. The Balaban J connectivity index is 1.51. The lowest BCUT2D eigenvalue weighted by molar-refractivity contribution is -0.193. The summed E-state index contributed by atoms with van der Waals surface area (Å²) in [5.41, 5.74) is -2.48. The third-order valence-corrected chi connectivity index (χ3v) is 17.0. The number of hydrogen-bond acceptors (Lipinski definition) is 6. The highest BCUT2D eigenvalue weighted by Crippen LogP contribution is 2.57. The van der Waals surface area contributed by atoms with Crippen molar-refractivity contribution < 1.29 is 19.1 Å². The average molecular weight is 645 g/mol. The van der Waals surface area contributed by atoms with E-state index in [0.717, 1.165) is 30.0 Å². The minimum Gasteiger partial charge on any atom is -0.497 e. The standard InChI is InChI=1S/C37H48N2O4SSi/c1-34(2,3)45(28-14-9-7-10-15-28,29-16-11-8-12-17-29)43-32-30(44-27-20-18-26(42-6)19-21-27)24-37(41)31(35(32,4)5)25-36(33(40)39-37)22-13-23-38-36/h7-12,14-21,30-32,38,41H,13,22-25H2,1-6H3,(H,39,40)/t30-,31+,32-,36+,37-/m0/s1. The van der Waals surface area contributed by atoms with Crippen molar-refractivity contribution in [2.45, 2.75) is 92.9 Å². The maximum atomic E-state index is 13.7. The molecule has 240 valence electrons. The second kappa shape index (κ2) is 11.9. The molecule has 3 N–H and O–H groups in total. The van der Waals surface area contributed by atoms with E-state index in [9.17, 15) is 9.90 Å². The van der Waals surface area contributed by atoms with E-state index in [1.807, 2.05) is 12.1 Å². The molecule has 5 atom stereocenters. The minimum absolute atomic E-state index is 0.0749. The maximum absolute atomic E-state index is 13.7. The second-order valence-corrected chi connectivity index (χ2v) is 20.4. The van der Waals surface area contributed by atoms with Gasteiger partial charge in [0.15, 0.2) is 0 Å². The first-order valence-electron chi connectivity index (χ1n) is 16.2. The molecule has 0 radical (unpaired) electrons. The number of hydrogen-bond donors (Lipinski definition) is 3. The summed E-state index contributed by atoms with van der Waals surface area (Å²) in [7, 11) is -1.28. The van der Waals surface area contributed by atoms with Gasteiger partial charge in [-0.1, -0.05) is 95.3 Å². The van der Waals surface area contributed by atoms with Crippen molar-refractivity contribution in [2.24, 2.45) is 11.3 Å². The molecule has 0 unspecified atom stereocenters. The van der Waals surface area contributed by atoms with Gasteiger partial charge >= 0.3 is 0 Å². The van der Waals surface area contributed by atoms with Crippen LogP contribution in [0.3, 0.4) is 0 Å². The Morgan fingerprint density at radius 3 is 2.02 bits per heavy atom. The molecule has 6 rings (SSSR count). The lowest BCUT2D eigenvalue weighted by Crippen LogP contribution is -2.77. The predicted molar refractivity (Wildman–Crippen MR) is 185 cm³/mol. The molecule has 3 aromatic rings. The molecular weight excluding hydrogens is 597 g/mol. The molecule has 1 saturated carbocycles. The Kier molecular flexibility index (Phi) is 8.53. The molecule has 3 aromatic carbocycles. The molecule has 3 aliphatic rings. The number of benzene rings is 3. The molecule has 3 fully saturated rings. The molecule has 45 heavy (non-hydrogen) atoms. The zero-order valence-electron chi connectivity index (χ0n) is 27.4. The van der Waals surface area contributed by atoms with E-state index in [1.54, 1.807) is 18.9 Å². The van der Waals surface area contributed by atoms with Crippen molar-refractivity contribution in [3.63, 3.8) is 0 Å². The van der Waals surface area contributed by atoms with E-state index in [0.29, 0.717) is 12.8 Å². The highest BCUT2D eigenvalue weighted by atomic mass is 32.2. The van der Waals surface area contributed by atoms with E-state index < -0.39 is 25.0 Å². The highest BCUT2D eigenvalue weighted by molar-refractivity contribution is 8.00. The molecular formula is C37H48N2O4SSi. The van der Waals surface area contributed by atoms with E-state index in [-0.39, 0.29) is 28.2 Å². The van der Waals surface area contributed by atoms with Crippen LogP contribution in [0.2, 0.25) is 5.04 Å². The van der Waals surface area contributed by atoms with Crippen LogP contribution in [0.15, 0.2) is 89.8 Å². The van der Waals surface area contributed by atoms with Crippen molar-refractivity contribution in [2.75, 3.05) is 13.7 Å². The smallest absolute Gasteiger partial charge is 0.261 e. The van der Waals surface area contributed by atoms with Crippen LogP contribution in [0, 0.1) is 11.3 Å². The van der Waals surface area contributed by atoms with Gasteiger partial charge in [-0.05, 0) is 70.9 Å². The van der Waals surface area contributed by atoms with E-state index >= 15 is 0 Å². The summed E-state index contributed by atoms with van der Waals surface area (Å²) in [6, 6.07) is 29.7. The number of thioether (sulfide) groups is 1. The number of amides is 1. The summed E-state index contributed by atoms with van der Waals surface area (Å²) in [5.74, 6) is 0.523. The SMILES string of the molecule is COc1ccc(S[C@H]2C[C@@]3(O)NC(=O)[C@@]4(CCCN4)C[C@@H]3C(C)(C)[C@H]2O[Si](c2ccccc2)(c2ccccc2)C(C)(C)C)cc1. The van der Waals surface area contributed by atoms with E-state index in [2.05, 4.69) is 118 Å². The quantitative estimate of drug-likeness (QED) is 0.296. The van der Waals surface area contributed by atoms with E-state index in [1.165, 1.54) is 10.4 Å². The van der Waals surface area contributed by atoms with Gasteiger partial charge in [-0.15, -0.1) is 11.8 Å². The first-order chi connectivity index (χ1) is 21.3. The van der Waals surface area contributed by atoms with Crippen LogP contribution in [-0.2, 0) is 9.22 Å². The molecule has 8 heteroatoms. The lowest BCUT2D eigenvalue weighted by Gasteiger charge is -2.62. The van der Waals surface area contributed by atoms with Crippen LogP contribution in [-0.4, -0.2) is 55.6 Å². The fraction of sp³-hybridized carbons (Fsp3) is 0.486. The van der Waals surface area contributed by atoms with Crippen LogP contribution < -0.4 is 25.7 Å². The van der Waals surface area contributed by atoms with Gasteiger partial charge in [0.2, 0.25) is 5.91 Å². The summed E-state index contributed by atoms with van der Waals surface area (Å²) in [4.78, 5) is 14.7. The molecule has 1 aliphatic carbocycles. The Morgan fingerprint density at radius 1 is 0.911 bits per heavy atom. The largest absolute Gasteiger partial charge is 0.497 e.